The van der Waals surface area contributed by atoms with Crippen molar-refractivity contribution in [2.45, 2.75) is 81.1 Å². The summed E-state index contributed by atoms with van der Waals surface area (Å²) in [5.41, 5.74) is 0.869. The number of hydrogen-bond donors (Lipinski definition) is 1. The van der Waals surface area contributed by atoms with Crippen LogP contribution in [0.25, 0.3) is 0 Å². The average Bonchev–Trinajstić information content (AvgIpc) is 3.01. The second-order valence-electron chi connectivity index (χ2n) is 12.2. The fourth-order valence-corrected chi connectivity index (χ4v) is 7.54. The van der Waals surface area contributed by atoms with Crippen LogP contribution in [0.15, 0.2) is 83.9 Å². The highest BCUT2D eigenvalue weighted by Crippen LogP contribution is 2.46. The highest BCUT2D eigenvalue weighted by molar-refractivity contribution is 7.89. The highest BCUT2D eigenvalue weighted by Gasteiger charge is 2.46. The molecule has 1 N–H and O–H groups in total. The maximum absolute atomic E-state index is 14.2. The summed E-state index contributed by atoms with van der Waals surface area (Å²) in [6.07, 6.45) is 2.27. The minimum atomic E-state index is -3.81. The average molecular weight is 628 g/mol. The third kappa shape index (κ3) is 8.85. The number of carbonyl (C=O) groups is 1. The summed E-state index contributed by atoms with van der Waals surface area (Å²) >= 11 is 0. The number of nitrogens with one attached hydrogen (secondary N) is 1. The van der Waals surface area contributed by atoms with Gasteiger partial charge in [0.2, 0.25) is 21.9 Å². The van der Waals surface area contributed by atoms with Crippen LogP contribution in [0.2, 0.25) is 0 Å². The summed E-state index contributed by atoms with van der Waals surface area (Å²) in [6, 6.07) is 21.0. The summed E-state index contributed by atoms with van der Waals surface area (Å²) in [4.78, 5) is 18.3. The summed E-state index contributed by atoms with van der Waals surface area (Å²) in [5, 5.41) is 3.15. The molecule has 1 saturated carbocycles. The second-order valence-corrected chi connectivity index (χ2v) is 14.1. The monoisotopic (exact) mass is 627 g/mol. The molecule has 0 aliphatic heterocycles. The van der Waals surface area contributed by atoms with Crippen molar-refractivity contribution in [1.29, 1.82) is 0 Å². The van der Waals surface area contributed by atoms with Crippen LogP contribution in [-0.2, 0) is 26.7 Å². The van der Waals surface area contributed by atoms with Gasteiger partial charge in [-0.3, -0.25) is 9.78 Å². The van der Waals surface area contributed by atoms with Gasteiger partial charge in [-0.2, -0.15) is 4.31 Å². The van der Waals surface area contributed by atoms with Crippen molar-refractivity contribution in [3.63, 3.8) is 0 Å². The quantitative estimate of drug-likeness (QED) is 0.224. The number of pyridine rings is 1. The number of carbonyl (C=O) groups excluding carboxylic acids is 1. The van der Waals surface area contributed by atoms with Crippen molar-refractivity contribution in [3.8, 4) is 5.75 Å². The number of hydrogen-bond acceptors (Lipinski definition) is 5. The smallest absolute Gasteiger partial charge is 0.248 e. The van der Waals surface area contributed by atoms with Crippen molar-refractivity contribution >= 4 is 15.9 Å². The summed E-state index contributed by atoms with van der Waals surface area (Å²) in [5.74, 6) is -2.36. The molecular formula is C34H43F2N3O4S. The van der Waals surface area contributed by atoms with Gasteiger partial charge in [-0.1, -0.05) is 50.2 Å². The van der Waals surface area contributed by atoms with Gasteiger partial charge in [0.15, 0.2) is 0 Å². The Morgan fingerprint density at radius 2 is 1.64 bits per heavy atom. The topological polar surface area (TPSA) is 88.6 Å². The summed E-state index contributed by atoms with van der Waals surface area (Å²) in [7, 11) is -2.29. The normalized spacial score (nSPS) is 16.9. The zero-order valence-electron chi connectivity index (χ0n) is 25.7. The Hall–Kier alpha value is -3.37. The first kappa shape index (κ1) is 33.5. The Kier molecular flexibility index (Phi) is 11.1. The Labute approximate surface area is 260 Å². The number of aromatic nitrogens is 1. The Morgan fingerprint density at radius 1 is 0.977 bits per heavy atom. The molecule has 238 valence electrons. The number of benzene rings is 2. The molecule has 1 amide bonds. The number of methoxy groups -OCH3 is 1. The first-order valence-electron chi connectivity index (χ1n) is 15.2. The largest absolute Gasteiger partial charge is 0.497 e. The first-order valence-corrected chi connectivity index (χ1v) is 16.6. The van der Waals surface area contributed by atoms with E-state index >= 15 is 0 Å². The van der Waals surface area contributed by atoms with E-state index in [1.807, 2.05) is 56.3 Å². The molecule has 0 saturated heterocycles. The Bertz CT molecular complexity index is 1440. The van der Waals surface area contributed by atoms with Crippen molar-refractivity contribution in [3.05, 3.63) is 90.3 Å². The zero-order valence-corrected chi connectivity index (χ0v) is 26.5. The van der Waals surface area contributed by atoms with E-state index < -0.39 is 21.4 Å². The maximum atomic E-state index is 14.2. The van der Waals surface area contributed by atoms with Crippen LogP contribution in [0.5, 0.6) is 5.75 Å². The number of ether oxygens (including phenoxy) is 1. The molecule has 3 aromatic rings. The Morgan fingerprint density at radius 3 is 2.23 bits per heavy atom. The molecule has 4 rings (SSSR count). The molecule has 1 unspecified atom stereocenters. The predicted octanol–water partition coefficient (Wildman–Crippen LogP) is 6.39. The minimum Gasteiger partial charge on any atom is -0.497 e. The SMILES string of the molecule is COc1ccc(S(=O)(=O)N(CCC(Cc2ccccc2)NC(=O)CC2(c3ccccn3)CCC(F)(F)CC2)CC(C)C)cc1. The van der Waals surface area contributed by atoms with E-state index in [0.717, 1.165) is 5.56 Å². The van der Waals surface area contributed by atoms with Gasteiger partial charge in [0.1, 0.15) is 5.75 Å². The van der Waals surface area contributed by atoms with E-state index in [-0.39, 0.29) is 61.4 Å². The van der Waals surface area contributed by atoms with Crippen LogP contribution in [0.4, 0.5) is 8.78 Å². The van der Waals surface area contributed by atoms with E-state index in [0.29, 0.717) is 30.8 Å². The Balaban J connectivity index is 1.54. The van der Waals surface area contributed by atoms with Crippen LogP contribution in [0.1, 0.15) is 63.6 Å². The van der Waals surface area contributed by atoms with Crippen molar-refractivity contribution < 1.29 is 26.7 Å². The molecule has 1 aliphatic rings. The molecule has 7 nitrogen and oxygen atoms in total. The summed E-state index contributed by atoms with van der Waals surface area (Å²) in [6.45, 7) is 4.44. The molecule has 10 heteroatoms. The van der Waals surface area contributed by atoms with Crippen LogP contribution >= 0.6 is 0 Å². The lowest BCUT2D eigenvalue weighted by Gasteiger charge is -2.39. The number of amides is 1. The van der Waals surface area contributed by atoms with Gasteiger partial charge in [0, 0.05) is 55.7 Å². The molecule has 0 bridgehead atoms. The van der Waals surface area contributed by atoms with E-state index in [4.69, 9.17) is 4.74 Å². The van der Waals surface area contributed by atoms with Gasteiger partial charge in [0.25, 0.3) is 0 Å². The van der Waals surface area contributed by atoms with Gasteiger partial charge in [-0.05, 0) is 73.6 Å². The fourth-order valence-electron chi connectivity index (χ4n) is 5.92. The molecule has 1 aromatic heterocycles. The molecule has 1 atom stereocenters. The molecule has 0 spiro atoms. The number of sulfonamides is 1. The van der Waals surface area contributed by atoms with E-state index in [2.05, 4.69) is 10.3 Å². The van der Waals surface area contributed by atoms with Crippen molar-refractivity contribution in [2.24, 2.45) is 5.92 Å². The minimum absolute atomic E-state index is 0.0330. The molecule has 0 radical (unpaired) electrons. The van der Waals surface area contributed by atoms with E-state index in [1.165, 1.54) is 23.5 Å². The lowest BCUT2D eigenvalue weighted by molar-refractivity contribution is -0.125. The van der Waals surface area contributed by atoms with Gasteiger partial charge >= 0.3 is 0 Å². The highest BCUT2D eigenvalue weighted by atomic mass is 32.2. The van der Waals surface area contributed by atoms with Gasteiger partial charge < -0.3 is 10.1 Å². The third-order valence-electron chi connectivity index (χ3n) is 8.33. The van der Waals surface area contributed by atoms with Crippen molar-refractivity contribution in [2.75, 3.05) is 20.2 Å². The van der Waals surface area contributed by atoms with Gasteiger partial charge in [0.05, 0.1) is 12.0 Å². The molecule has 2 aromatic carbocycles. The van der Waals surface area contributed by atoms with Gasteiger partial charge in [-0.15, -0.1) is 0 Å². The fraction of sp³-hybridized carbons (Fsp3) is 0.471. The van der Waals surface area contributed by atoms with E-state index in [9.17, 15) is 22.0 Å². The van der Waals surface area contributed by atoms with Crippen molar-refractivity contribution in [1.82, 2.24) is 14.6 Å². The predicted molar refractivity (Wildman–Crippen MR) is 167 cm³/mol. The standard InChI is InChI=1S/C34H43F2N3O4S/c1-26(2)25-39(44(41,42)30-14-12-29(43-3)13-15-30)22-16-28(23-27-9-5-4-6-10-27)38-32(40)24-33(31-11-7-8-21-37-31)17-19-34(35,36)20-18-33/h4-15,21,26,28H,16-20,22-25H2,1-3H3,(H,38,40). The van der Waals surface area contributed by atoms with Gasteiger partial charge in [-0.25, -0.2) is 17.2 Å². The first-order chi connectivity index (χ1) is 20.9. The number of nitrogens with zero attached hydrogens (tertiary/aromatic N) is 2. The maximum Gasteiger partial charge on any atom is 0.248 e. The molecule has 1 aliphatic carbocycles. The lowest BCUT2D eigenvalue weighted by atomic mass is 9.68. The zero-order chi connectivity index (χ0) is 31.8. The number of halogens is 2. The lowest BCUT2D eigenvalue weighted by Crippen LogP contribution is -2.45. The molecule has 44 heavy (non-hydrogen) atoms. The summed E-state index contributed by atoms with van der Waals surface area (Å²) < 4.78 is 62.5. The number of alkyl halides is 2. The van der Waals surface area contributed by atoms with Crippen LogP contribution in [0, 0.1) is 5.92 Å². The van der Waals surface area contributed by atoms with Crippen LogP contribution < -0.4 is 10.1 Å². The third-order valence-corrected chi connectivity index (χ3v) is 10.2. The van der Waals surface area contributed by atoms with E-state index in [1.54, 1.807) is 24.4 Å². The molecule has 1 fully saturated rings. The second kappa shape index (κ2) is 14.6. The van der Waals surface area contributed by atoms with Crippen LogP contribution in [-0.4, -0.2) is 55.8 Å². The molecular weight excluding hydrogens is 584 g/mol. The number of rotatable bonds is 14. The molecule has 1 heterocycles. The van der Waals surface area contributed by atoms with Crippen LogP contribution in [0.3, 0.4) is 0 Å².